The van der Waals surface area contributed by atoms with Crippen molar-refractivity contribution in [2.75, 3.05) is 24.8 Å². The largest absolute Gasteiger partial charge is 0.495 e. The summed E-state index contributed by atoms with van der Waals surface area (Å²) in [5, 5.41) is 12.9. The molecule has 0 spiro atoms. The monoisotopic (exact) mass is 238 g/mol. The molecule has 0 atom stereocenters. The van der Waals surface area contributed by atoms with Crippen LogP contribution in [-0.2, 0) is 0 Å². The van der Waals surface area contributed by atoms with Crippen LogP contribution in [0.3, 0.4) is 0 Å². The van der Waals surface area contributed by atoms with E-state index in [1.165, 1.54) is 0 Å². The summed E-state index contributed by atoms with van der Waals surface area (Å²) in [6.45, 7) is 4.17. The van der Waals surface area contributed by atoms with Crippen molar-refractivity contribution in [2.24, 2.45) is 0 Å². The average Bonchev–Trinajstić information content (AvgIpc) is 2.38. The number of hydrogen-bond acceptors (Lipinski definition) is 4. The van der Waals surface area contributed by atoms with E-state index in [2.05, 4.69) is 5.32 Å². The van der Waals surface area contributed by atoms with Crippen molar-refractivity contribution in [1.29, 1.82) is 0 Å². The number of benzene rings is 1. The van der Waals surface area contributed by atoms with E-state index < -0.39 is 0 Å². The summed E-state index contributed by atoms with van der Waals surface area (Å²) in [5.41, 5.74) is 7.06. The molecule has 0 aliphatic rings. The highest BCUT2D eigenvalue weighted by Gasteiger charge is 2.25. The molecule has 0 aromatic heterocycles. The second-order valence-electron chi connectivity index (χ2n) is 4.19. The minimum atomic E-state index is -0.319. The summed E-state index contributed by atoms with van der Waals surface area (Å²) in [5.74, 6) is 0.647. The molecule has 0 bridgehead atoms. The third-order valence-electron chi connectivity index (χ3n) is 3.34. The van der Waals surface area contributed by atoms with Crippen molar-refractivity contribution in [3.05, 3.63) is 18.2 Å². The molecule has 0 radical (unpaired) electrons. The predicted molar refractivity (Wildman–Crippen MR) is 71.4 cm³/mol. The molecule has 4 heteroatoms. The van der Waals surface area contributed by atoms with Gasteiger partial charge in [0, 0.05) is 0 Å². The highest BCUT2D eigenvalue weighted by molar-refractivity contribution is 5.73. The van der Waals surface area contributed by atoms with Gasteiger partial charge in [-0.15, -0.1) is 0 Å². The number of nitrogens with one attached hydrogen (secondary N) is 1. The van der Waals surface area contributed by atoms with Gasteiger partial charge in [0.2, 0.25) is 0 Å². The molecule has 0 fully saturated rings. The summed E-state index contributed by atoms with van der Waals surface area (Å²) in [4.78, 5) is 0. The fourth-order valence-electron chi connectivity index (χ4n) is 1.81. The van der Waals surface area contributed by atoms with E-state index >= 15 is 0 Å². The van der Waals surface area contributed by atoms with Crippen LogP contribution < -0.4 is 15.8 Å². The second kappa shape index (κ2) is 5.77. The molecule has 96 valence electrons. The highest BCUT2D eigenvalue weighted by Crippen LogP contribution is 2.32. The molecule has 0 saturated carbocycles. The topological polar surface area (TPSA) is 67.5 Å². The molecule has 4 nitrogen and oxygen atoms in total. The number of para-hydroxylation sites is 1. The van der Waals surface area contributed by atoms with Gasteiger partial charge in [-0.2, -0.15) is 0 Å². The zero-order valence-corrected chi connectivity index (χ0v) is 10.8. The molecule has 1 rings (SSSR count). The van der Waals surface area contributed by atoms with Crippen LogP contribution in [0.1, 0.15) is 26.7 Å². The molecule has 0 aliphatic carbocycles. The number of rotatable bonds is 6. The Morgan fingerprint density at radius 3 is 2.47 bits per heavy atom. The Morgan fingerprint density at radius 2 is 2.00 bits per heavy atom. The molecule has 0 heterocycles. The van der Waals surface area contributed by atoms with Crippen molar-refractivity contribution in [2.45, 2.75) is 32.2 Å². The average molecular weight is 238 g/mol. The molecule has 0 saturated heterocycles. The van der Waals surface area contributed by atoms with E-state index in [0.29, 0.717) is 11.4 Å². The van der Waals surface area contributed by atoms with E-state index in [1.807, 2.05) is 32.0 Å². The number of methoxy groups -OCH3 is 1. The van der Waals surface area contributed by atoms with Gasteiger partial charge in [-0.05, 0) is 25.0 Å². The minimum Gasteiger partial charge on any atom is -0.495 e. The van der Waals surface area contributed by atoms with Gasteiger partial charge in [-0.25, -0.2) is 0 Å². The lowest BCUT2D eigenvalue weighted by atomic mass is 9.93. The first-order chi connectivity index (χ1) is 8.12. The fraction of sp³-hybridized carbons (Fsp3) is 0.538. The van der Waals surface area contributed by atoms with Crippen molar-refractivity contribution in [3.8, 4) is 5.75 Å². The lowest BCUT2D eigenvalue weighted by Gasteiger charge is -2.32. The van der Waals surface area contributed by atoms with Crippen LogP contribution in [0.2, 0.25) is 0 Å². The number of ether oxygens (including phenoxy) is 1. The molecular formula is C13H22N2O2. The number of nitrogen functional groups attached to an aromatic ring is 1. The number of aliphatic hydroxyl groups is 1. The zero-order valence-electron chi connectivity index (χ0n) is 10.8. The summed E-state index contributed by atoms with van der Waals surface area (Å²) >= 11 is 0. The Balaban J connectivity index is 3.01. The van der Waals surface area contributed by atoms with E-state index in [-0.39, 0.29) is 12.1 Å². The second-order valence-corrected chi connectivity index (χ2v) is 4.19. The summed E-state index contributed by atoms with van der Waals surface area (Å²) in [6, 6.07) is 5.59. The summed E-state index contributed by atoms with van der Waals surface area (Å²) in [6.07, 6.45) is 1.66. The van der Waals surface area contributed by atoms with Crippen molar-refractivity contribution in [3.63, 3.8) is 0 Å². The number of nitrogens with two attached hydrogens (primary N) is 1. The first-order valence-corrected chi connectivity index (χ1v) is 5.94. The smallest absolute Gasteiger partial charge is 0.143 e. The van der Waals surface area contributed by atoms with Gasteiger partial charge in [0.25, 0.3) is 0 Å². The molecule has 4 N–H and O–H groups in total. The van der Waals surface area contributed by atoms with Gasteiger partial charge < -0.3 is 20.9 Å². The third-order valence-corrected chi connectivity index (χ3v) is 3.34. The standard InChI is InChI=1S/C13H22N2O2/c1-4-13(5-2,9-16)15-10-7-6-8-11(17-3)12(10)14/h6-8,15-16H,4-5,9,14H2,1-3H3. The Morgan fingerprint density at radius 1 is 1.35 bits per heavy atom. The van der Waals surface area contributed by atoms with Crippen LogP contribution in [0.5, 0.6) is 5.75 Å². The minimum absolute atomic E-state index is 0.0800. The molecular weight excluding hydrogens is 216 g/mol. The quantitative estimate of drug-likeness (QED) is 0.665. The summed E-state index contributed by atoms with van der Waals surface area (Å²) < 4.78 is 5.17. The summed E-state index contributed by atoms with van der Waals surface area (Å²) in [7, 11) is 1.59. The lowest BCUT2D eigenvalue weighted by Crippen LogP contribution is -2.41. The Kier molecular flexibility index (Phi) is 4.63. The van der Waals surface area contributed by atoms with E-state index in [9.17, 15) is 5.11 Å². The molecule has 1 aromatic carbocycles. The van der Waals surface area contributed by atoms with Gasteiger partial charge in [-0.3, -0.25) is 0 Å². The molecule has 0 amide bonds. The van der Waals surface area contributed by atoms with Crippen LogP contribution in [0.25, 0.3) is 0 Å². The van der Waals surface area contributed by atoms with Crippen LogP contribution in [-0.4, -0.2) is 24.4 Å². The molecule has 17 heavy (non-hydrogen) atoms. The van der Waals surface area contributed by atoms with E-state index in [0.717, 1.165) is 18.5 Å². The maximum Gasteiger partial charge on any atom is 0.143 e. The van der Waals surface area contributed by atoms with Crippen LogP contribution >= 0.6 is 0 Å². The van der Waals surface area contributed by atoms with Gasteiger partial charge in [0.15, 0.2) is 0 Å². The van der Waals surface area contributed by atoms with Gasteiger partial charge in [0.05, 0.1) is 30.6 Å². The number of anilines is 2. The molecule has 0 unspecified atom stereocenters. The van der Waals surface area contributed by atoms with Gasteiger partial charge in [0.1, 0.15) is 5.75 Å². The molecule has 0 aliphatic heterocycles. The SMILES string of the molecule is CCC(CC)(CO)Nc1cccc(OC)c1N. The normalized spacial score (nSPS) is 11.3. The molecule has 1 aromatic rings. The Bertz CT molecular complexity index is 354. The van der Waals surface area contributed by atoms with Crippen molar-refractivity contribution < 1.29 is 9.84 Å². The predicted octanol–water partition coefficient (Wildman–Crippen LogP) is 2.24. The van der Waals surface area contributed by atoms with Crippen LogP contribution in [0, 0.1) is 0 Å². The Labute approximate surface area is 103 Å². The third kappa shape index (κ3) is 2.82. The Hall–Kier alpha value is -1.42. The van der Waals surface area contributed by atoms with Crippen LogP contribution in [0.15, 0.2) is 18.2 Å². The highest BCUT2D eigenvalue weighted by atomic mass is 16.5. The maximum absolute atomic E-state index is 9.52. The van der Waals surface area contributed by atoms with Gasteiger partial charge in [-0.1, -0.05) is 19.9 Å². The van der Waals surface area contributed by atoms with E-state index in [4.69, 9.17) is 10.5 Å². The van der Waals surface area contributed by atoms with Crippen molar-refractivity contribution in [1.82, 2.24) is 0 Å². The van der Waals surface area contributed by atoms with Gasteiger partial charge >= 0.3 is 0 Å². The zero-order chi connectivity index (χ0) is 12.9. The van der Waals surface area contributed by atoms with Crippen molar-refractivity contribution >= 4 is 11.4 Å². The fourth-order valence-corrected chi connectivity index (χ4v) is 1.81. The lowest BCUT2D eigenvalue weighted by molar-refractivity contribution is 0.202. The van der Waals surface area contributed by atoms with Crippen LogP contribution in [0.4, 0.5) is 11.4 Å². The first-order valence-electron chi connectivity index (χ1n) is 5.94. The number of aliphatic hydroxyl groups excluding tert-OH is 1. The van der Waals surface area contributed by atoms with E-state index in [1.54, 1.807) is 7.11 Å². The first kappa shape index (κ1) is 13.6. The number of hydrogen-bond donors (Lipinski definition) is 3. The maximum atomic E-state index is 9.52.